The number of anilines is 2. The molecule has 1 saturated heterocycles. The standard InChI is InChI=1S/C20H22N2O3/c23-20(16-13-15-3-1-2-4-19(15)25-14-16)21-17-5-7-18(8-6-17)22-9-11-24-12-10-22/h1-8,16H,9-14H2,(H,21,23). The summed E-state index contributed by atoms with van der Waals surface area (Å²) in [7, 11) is 0. The Balaban J connectivity index is 1.38. The van der Waals surface area contributed by atoms with Crippen LogP contribution >= 0.6 is 0 Å². The second-order valence-electron chi connectivity index (χ2n) is 6.46. The number of carbonyl (C=O) groups excluding carboxylic acids is 1. The number of ether oxygens (including phenoxy) is 2. The van der Waals surface area contributed by atoms with Gasteiger partial charge in [0.15, 0.2) is 0 Å². The Hall–Kier alpha value is -2.53. The van der Waals surface area contributed by atoms with Gasteiger partial charge in [0, 0.05) is 24.5 Å². The van der Waals surface area contributed by atoms with Crippen LogP contribution in [0.25, 0.3) is 0 Å². The van der Waals surface area contributed by atoms with Gasteiger partial charge in [-0.15, -0.1) is 0 Å². The van der Waals surface area contributed by atoms with E-state index in [1.807, 2.05) is 48.5 Å². The minimum atomic E-state index is -0.159. The lowest BCUT2D eigenvalue weighted by atomic mass is 9.96. The monoisotopic (exact) mass is 338 g/mol. The number of rotatable bonds is 3. The number of amides is 1. The lowest BCUT2D eigenvalue weighted by molar-refractivity contribution is -0.121. The summed E-state index contributed by atoms with van der Waals surface area (Å²) in [6.07, 6.45) is 0.716. The zero-order valence-corrected chi connectivity index (χ0v) is 14.1. The summed E-state index contributed by atoms with van der Waals surface area (Å²) >= 11 is 0. The maximum absolute atomic E-state index is 12.5. The van der Waals surface area contributed by atoms with Gasteiger partial charge in [0.2, 0.25) is 5.91 Å². The molecule has 4 rings (SSSR count). The highest BCUT2D eigenvalue weighted by Gasteiger charge is 2.25. The molecule has 0 aliphatic carbocycles. The predicted molar refractivity (Wildman–Crippen MR) is 97.2 cm³/mol. The first-order valence-corrected chi connectivity index (χ1v) is 8.74. The van der Waals surface area contributed by atoms with Crippen LogP contribution in [0.2, 0.25) is 0 Å². The molecule has 130 valence electrons. The Morgan fingerprint density at radius 1 is 1.04 bits per heavy atom. The average molecular weight is 338 g/mol. The molecule has 0 saturated carbocycles. The molecule has 1 atom stereocenters. The molecule has 2 heterocycles. The molecule has 0 aromatic heterocycles. The molecular formula is C20H22N2O3. The molecule has 2 aliphatic rings. The number of hydrogen-bond acceptors (Lipinski definition) is 4. The van der Waals surface area contributed by atoms with Crippen molar-refractivity contribution >= 4 is 17.3 Å². The molecule has 5 nitrogen and oxygen atoms in total. The number of hydrogen-bond donors (Lipinski definition) is 1. The van der Waals surface area contributed by atoms with Crippen molar-refractivity contribution in [1.82, 2.24) is 0 Å². The van der Waals surface area contributed by atoms with Gasteiger partial charge < -0.3 is 19.7 Å². The lowest BCUT2D eigenvalue weighted by Gasteiger charge is -2.29. The number of nitrogens with one attached hydrogen (secondary N) is 1. The third-order valence-corrected chi connectivity index (χ3v) is 4.76. The largest absolute Gasteiger partial charge is 0.492 e. The van der Waals surface area contributed by atoms with E-state index in [1.54, 1.807) is 0 Å². The summed E-state index contributed by atoms with van der Waals surface area (Å²) < 4.78 is 11.1. The highest BCUT2D eigenvalue weighted by molar-refractivity contribution is 5.93. The van der Waals surface area contributed by atoms with E-state index in [-0.39, 0.29) is 11.8 Å². The minimum absolute atomic E-state index is 0.00799. The van der Waals surface area contributed by atoms with Crippen molar-refractivity contribution in [1.29, 1.82) is 0 Å². The molecule has 5 heteroatoms. The maximum Gasteiger partial charge on any atom is 0.231 e. The summed E-state index contributed by atoms with van der Waals surface area (Å²) in [6.45, 7) is 3.77. The predicted octanol–water partition coefficient (Wildman–Crippen LogP) is 2.71. The van der Waals surface area contributed by atoms with Gasteiger partial charge in [-0.1, -0.05) is 18.2 Å². The number of nitrogens with zero attached hydrogens (tertiary/aromatic N) is 1. The van der Waals surface area contributed by atoms with Crippen LogP contribution in [0.15, 0.2) is 48.5 Å². The molecule has 1 fully saturated rings. The Labute approximate surface area is 147 Å². The van der Waals surface area contributed by atoms with Gasteiger partial charge in [-0.2, -0.15) is 0 Å². The Kier molecular flexibility index (Phi) is 4.57. The zero-order chi connectivity index (χ0) is 17.1. The molecule has 0 spiro atoms. The fourth-order valence-electron chi connectivity index (χ4n) is 3.32. The van der Waals surface area contributed by atoms with Gasteiger partial charge in [0.1, 0.15) is 12.4 Å². The highest BCUT2D eigenvalue weighted by Crippen LogP contribution is 2.27. The van der Waals surface area contributed by atoms with Gasteiger partial charge in [-0.05, 0) is 42.3 Å². The van der Waals surface area contributed by atoms with Gasteiger partial charge in [-0.3, -0.25) is 4.79 Å². The topological polar surface area (TPSA) is 50.8 Å². The first-order valence-electron chi connectivity index (χ1n) is 8.74. The molecule has 2 aromatic carbocycles. The molecule has 1 unspecified atom stereocenters. The van der Waals surface area contributed by atoms with Crippen molar-refractivity contribution < 1.29 is 14.3 Å². The van der Waals surface area contributed by atoms with Crippen molar-refractivity contribution in [2.24, 2.45) is 5.92 Å². The summed E-state index contributed by atoms with van der Waals surface area (Å²) in [6, 6.07) is 15.9. The first kappa shape index (κ1) is 16.0. The lowest BCUT2D eigenvalue weighted by Crippen LogP contribution is -2.36. The van der Waals surface area contributed by atoms with E-state index in [1.165, 1.54) is 0 Å². The van der Waals surface area contributed by atoms with E-state index < -0.39 is 0 Å². The fourth-order valence-corrected chi connectivity index (χ4v) is 3.32. The molecule has 1 amide bonds. The fraction of sp³-hybridized carbons (Fsp3) is 0.350. The van der Waals surface area contributed by atoms with Crippen molar-refractivity contribution in [2.75, 3.05) is 43.1 Å². The second-order valence-corrected chi connectivity index (χ2v) is 6.46. The third-order valence-electron chi connectivity index (χ3n) is 4.76. The van der Waals surface area contributed by atoms with Crippen LogP contribution in [0.5, 0.6) is 5.75 Å². The summed E-state index contributed by atoms with van der Waals surface area (Å²) in [4.78, 5) is 14.8. The molecule has 25 heavy (non-hydrogen) atoms. The third kappa shape index (κ3) is 3.61. The Bertz CT molecular complexity index is 739. The number of morpholine rings is 1. The minimum Gasteiger partial charge on any atom is -0.492 e. The van der Waals surface area contributed by atoms with E-state index in [4.69, 9.17) is 9.47 Å². The second kappa shape index (κ2) is 7.15. The highest BCUT2D eigenvalue weighted by atomic mass is 16.5. The smallest absolute Gasteiger partial charge is 0.231 e. The van der Waals surface area contributed by atoms with E-state index in [0.717, 1.165) is 49.0 Å². The maximum atomic E-state index is 12.5. The van der Waals surface area contributed by atoms with E-state index in [9.17, 15) is 4.79 Å². The van der Waals surface area contributed by atoms with Gasteiger partial charge in [-0.25, -0.2) is 0 Å². The van der Waals surface area contributed by atoms with E-state index in [0.29, 0.717) is 13.0 Å². The molecule has 2 aliphatic heterocycles. The molecule has 1 N–H and O–H groups in total. The number of benzene rings is 2. The molecular weight excluding hydrogens is 316 g/mol. The van der Waals surface area contributed by atoms with Crippen molar-refractivity contribution in [3.05, 3.63) is 54.1 Å². The zero-order valence-electron chi connectivity index (χ0n) is 14.1. The number of fused-ring (bicyclic) bond motifs is 1. The van der Waals surface area contributed by atoms with Crippen molar-refractivity contribution in [3.63, 3.8) is 0 Å². The summed E-state index contributed by atoms with van der Waals surface area (Å²) in [5, 5.41) is 3.01. The summed E-state index contributed by atoms with van der Waals surface area (Å²) in [5.74, 6) is 0.740. The van der Waals surface area contributed by atoms with E-state index >= 15 is 0 Å². The SMILES string of the molecule is O=C(Nc1ccc(N2CCOCC2)cc1)C1COc2ccccc2C1. The first-order chi connectivity index (χ1) is 12.3. The van der Waals surface area contributed by atoms with Gasteiger partial charge >= 0.3 is 0 Å². The quantitative estimate of drug-likeness (QED) is 0.935. The molecule has 0 bridgehead atoms. The van der Waals surface area contributed by atoms with Crippen molar-refractivity contribution in [3.8, 4) is 5.75 Å². The normalized spacial score (nSPS) is 19.7. The molecule has 0 radical (unpaired) electrons. The van der Waals surface area contributed by atoms with Gasteiger partial charge in [0.05, 0.1) is 19.1 Å². The number of carbonyl (C=O) groups is 1. The van der Waals surface area contributed by atoms with Crippen LogP contribution < -0.4 is 15.0 Å². The Morgan fingerprint density at radius 2 is 1.80 bits per heavy atom. The van der Waals surface area contributed by atoms with Crippen molar-refractivity contribution in [2.45, 2.75) is 6.42 Å². The van der Waals surface area contributed by atoms with E-state index in [2.05, 4.69) is 10.2 Å². The summed E-state index contributed by atoms with van der Waals surface area (Å²) in [5.41, 5.74) is 3.08. The van der Waals surface area contributed by atoms with Crippen LogP contribution in [0.3, 0.4) is 0 Å². The number of para-hydroxylation sites is 1. The average Bonchev–Trinajstić information content (AvgIpc) is 2.69. The van der Waals surface area contributed by atoms with Crippen LogP contribution in [-0.4, -0.2) is 38.8 Å². The van der Waals surface area contributed by atoms with Crippen LogP contribution in [0, 0.1) is 5.92 Å². The molecule has 2 aromatic rings. The van der Waals surface area contributed by atoms with Crippen LogP contribution in [-0.2, 0) is 16.0 Å². The van der Waals surface area contributed by atoms with Gasteiger partial charge in [0.25, 0.3) is 0 Å². The Morgan fingerprint density at radius 3 is 2.60 bits per heavy atom. The van der Waals surface area contributed by atoms with Crippen LogP contribution in [0.1, 0.15) is 5.56 Å². The van der Waals surface area contributed by atoms with Crippen LogP contribution in [0.4, 0.5) is 11.4 Å².